The van der Waals surface area contributed by atoms with Gasteiger partial charge >= 0.3 is 0 Å². The molecule has 0 aromatic heterocycles. The lowest BCUT2D eigenvalue weighted by Crippen LogP contribution is -2.37. The Morgan fingerprint density at radius 2 is 1.85 bits per heavy atom. The fraction of sp³-hybridized carbons (Fsp3) is 0.381. The van der Waals surface area contributed by atoms with Gasteiger partial charge in [0.2, 0.25) is 0 Å². The highest BCUT2D eigenvalue weighted by Crippen LogP contribution is 2.17. The number of guanidine groups is 1. The van der Waals surface area contributed by atoms with Gasteiger partial charge in [0.05, 0.1) is 13.7 Å². The van der Waals surface area contributed by atoms with Crippen LogP contribution in [0.5, 0.6) is 11.5 Å². The number of methoxy groups -OCH3 is 2. The normalized spacial score (nSPS) is 11.1. The predicted molar refractivity (Wildman–Crippen MR) is 109 cm³/mol. The molecular weight excluding hydrogens is 342 g/mol. The lowest BCUT2D eigenvalue weighted by atomic mass is 10.1. The topological polar surface area (TPSA) is 64.1 Å². The zero-order valence-electron chi connectivity index (χ0n) is 16.3. The van der Waals surface area contributed by atoms with Gasteiger partial charge in [-0.15, -0.1) is 0 Å². The van der Waals surface area contributed by atoms with E-state index in [2.05, 4.69) is 27.8 Å². The fourth-order valence-corrected chi connectivity index (χ4v) is 2.62. The molecule has 0 spiro atoms. The maximum absolute atomic E-state index is 5.65. The molecule has 0 aliphatic heterocycles. The second kappa shape index (κ2) is 11.8. The molecule has 0 aliphatic rings. The van der Waals surface area contributed by atoms with Crippen molar-refractivity contribution in [3.8, 4) is 11.5 Å². The van der Waals surface area contributed by atoms with Gasteiger partial charge in [-0.1, -0.05) is 30.3 Å². The zero-order chi connectivity index (χ0) is 19.3. The van der Waals surface area contributed by atoms with Crippen LogP contribution >= 0.6 is 0 Å². The molecule has 0 fully saturated rings. The van der Waals surface area contributed by atoms with Crippen LogP contribution in [0.15, 0.2) is 53.5 Å². The molecule has 146 valence electrons. The number of hydrogen-bond donors (Lipinski definition) is 2. The van der Waals surface area contributed by atoms with Crippen molar-refractivity contribution in [1.82, 2.24) is 10.6 Å². The van der Waals surface area contributed by atoms with E-state index in [0.29, 0.717) is 19.8 Å². The van der Waals surface area contributed by atoms with Crippen LogP contribution in [-0.4, -0.2) is 47.0 Å². The SMILES string of the molecule is CN=C(NCCc1ccccc1OC)NCc1cccc(OCCOC)c1. The van der Waals surface area contributed by atoms with Crippen LogP contribution in [0.4, 0.5) is 0 Å². The van der Waals surface area contributed by atoms with Crippen LogP contribution in [0.25, 0.3) is 0 Å². The van der Waals surface area contributed by atoms with Crippen molar-refractivity contribution in [3.05, 3.63) is 59.7 Å². The van der Waals surface area contributed by atoms with Crippen LogP contribution in [0, 0.1) is 0 Å². The molecule has 6 nitrogen and oxygen atoms in total. The number of ether oxygens (including phenoxy) is 3. The Kier molecular flexibility index (Phi) is 9.00. The molecule has 0 aliphatic carbocycles. The summed E-state index contributed by atoms with van der Waals surface area (Å²) in [7, 11) is 5.12. The van der Waals surface area contributed by atoms with E-state index in [1.807, 2.05) is 36.4 Å². The summed E-state index contributed by atoms with van der Waals surface area (Å²) >= 11 is 0. The predicted octanol–water partition coefficient (Wildman–Crippen LogP) is 2.63. The van der Waals surface area contributed by atoms with Gasteiger partial charge in [-0.05, 0) is 35.7 Å². The molecule has 0 radical (unpaired) electrons. The van der Waals surface area contributed by atoms with Gasteiger partial charge in [0, 0.05) is 27.2 Å². The van der Waals surface area contributed by atoms with Crippen LogP contribution in [-0.2, 0) is 17.7 Å². The van der Waals surface area contributed by atoms with E-state index in [0.717, 1.165) is 36.0 Å². The number of rotatable bonds is 10. The maximum atomic E-state index is 5.65. The first-order valence-corrected chi connectivity index (χ1v) is 9.04. The second-order valence-electron chi connectivity index (χ2n) is 5.90. The van der Waals surface area contributed by atoms with Gasteiger partial charge in [0.15, 0.2) is 5.96 Å². The highest BCUT2D eigenvalue weighted by Gasteiger charge is 2.03. The summed E-state index contributed by atoms with van der Waals surface area (Å²) in [5, 5.41) is 6.65. The van der Waals surface area contributed by atoms with Crippen LogP contribution in [0.1, 0.15) is 11.1 Å². The Morgan fingerprint density at radius 1 is 1.00 bits per heavy atom. The van der Waals surface area contributed by atoms with Gasteiger partial charge in [-0.25, -0.2) is 0 Å². The number of hydrogen-bond acceptors (Lipinski definition) is 4. The molecule has 2 aromatic rings. The molecule has 0 unspecified atom stereocenters. The minimum atomic E-state index is 0.541. The van der Waals surface area contributed by atoms with Gasteiger partial charge in [-0.3, -0.25) is 4.99 Å². The highest BCUT2D eigenvalue weighted by molar-refractivity contribution is 5.79. The zero-order valence-corrected chi connectivity index (χ0v) is 16.3. The Hall–Kier alpha value is -2.73. The summed E-state index contributed by atoms with van der Waals surface area (Å²) in [6.07, 6.45) is 0.855. The molecule has 0 saturated carbocycles. The van der Waals surface area contributed by atoms with Crippen LogP contribution in [0.3, 0.4) is 0 Å². The van der Waals surface area contributed by atoms with Crippen LogP contribution in [0.2, 0.25) is 0 Å². The number of aliphatic imine (C=N–C) groups is 1. The van der Waals surface area contributed by atoms with E-state index in [9.17, 15) is 0 Å². The minimum absolute atomic E-state index is 0.541. The third-order valence-corrected chi connectivity index (χ3v) is 4.02. The number of nitrogens with one attached hydrogen (secondary N) is 2. The molecule has 0 bridgehead atoms. The van der Waals surface area contributed by atoms with Crippen molar-refractivity contribution in [2.24, 2.45) is 4.99 Å². The number of benzene rings is 2. The summed E-state index contributed by atoms with van der Waals surface area (Å²) in [4.78, 5) is 4.28. The summed E-state index contributed by atoms with van der Waals surface area (Å²) in [6.45, 7) is 2.54. The first-order valence-electron chi connectivity index (χ1n) is 9.04. The van der Waals surface area contributed by atoms with E-state index in [-0.39, 0.29) is 0 Å². The number of nitrogens with zero attached hydrogens (tertiary/aromatic N) is 1. The molecule has 0 saturated heterocycles. The van der Waals surface area contributed by atoms with Crippen molar-refractivity contribution in [2.75, 3.05) is 41.0 Å². The van der Waals surface area contributed by atoms with Crippen molar-refractivity contribution in [3.63, 3.8) is 0 Å². The minimum Gasteiger partial charge on any atom is -0.496 e. The quantitative estimate of drug-likeness (QED) is 0.382. The van der Waals surface area contributed by atoms with E-state index >= 15 is 0 Å². The lowest BCUT2D eigenvalue weighted by Gasteiger charge is -2.14. The van der Waals surface area contributed by atoms with Crippen LogP contribution < -0.4 is 20.1 Å². The van der Waals surface area contributed by atoms with E-state index in [1.54, 1.807) is 21.3 Å². The second-order valence-corrected chi connectivity index (χ2v) is 5.90. The van der Waals surface area contributed by atoms with Crippen molar-refractivity contribution < 1.29 is 14.2 Å². The monoisotopic (exact) mass is 371 g/mol. The Bertz CT molecular complexity index is 719. The molecular formula is C21H29N3O3. The third-order valence-electron chi connectivity index (χ3n) is 4.02. The molecule has 6 heteroatoms. The molecule has 2 aromatic carbocycles. The third kappa shape index (κ3) is 7.19. The highest BCUT2D eigenvalue weighted by atomic mass is 16.5. The summed E-state index contributed by atoms with van der Waals surface area (Å²) in [5.41, 5.74) is 2.29. The molecule has 0 atom stereocenters. The first kappa shape index (κ1) is 20.6. The van der Waals surface area contributed by atoms with E-state index in [4.69, 9.17) is 14.2 Å². The molecule has 0 amide bonds. The van der Waals surface area contributed by atoms with Gasteiger partial charge in [-0.2, -0.15) is 0 Å². The maximum Gasteiger partial charge on any atom is 0.191 e. The molecule has 0 heterocycles. The lowest BCUT2D eigenvalue weighted by molar-refractivity contribution is 0.146. The average Bonchev–Trinajstić information content (AvgIpc) is 2.71. The van der Waals surface area contributed by atoms with Gasteiger partial charge in [0.25, 0.3) is 0 Å². The summed E-state index contributed by atoms with van der Waals surface area (Å²) in [5.74, 6) is 2.51. The largest absolute Gasteiger partial charge is 0.496 e. The Balaban J connectivity index is 1.79. The number of para-hydroxylation sites is 1. The summed E-state index contributed by atoms with van der Waals surface area (Å²) in [6, 6.07) is 16.0. The van der Waals surface area contributed by atoms with E-state index in [1.165, 1.54) is 5.56 Å². The first-order chi connectivity index (χ1) is 13.3. The standard InChI is InChI=1S/C21H29N3O3/c1-22-21(23-12-11-18-8-4-5-10-20(18)26-3)24-16-17-7-6-9-19(15-17)27-14-13-25-2/h4-10,15H,11-14,16H2,1-3H3,(H2,22,23,24). The fourth-order valence-electron chi connectivity index (χ4n) is 2.62. The average molecular weight is 371 g/mol. The summed E-state index contributed by atoms with van der Waals surface area (Å²) < 4.78 is 16.0. The van der Waals surface area contributed by atoms with Gasteiger partial charge in [0.1, 0.15) is 18.1 Å². The Morgan fingerprint density at radius 3 is 2.63 bits per heavy atom. The van der Waals surface area contributed by atoms with Crippen molar-refractivity contribution >= 4 is 5.96 Å². The van der Waals surface area contributed by atoms with E-state index < -0.39 is 0 Å². The Labute approximate surface area is 161 Å². The smallest absolute Gasteiger partial charge is 0.191 e. The van der Waals surface area contributed by atoms with Gasteiger partial charge < -0.3 is 24.8 Å². The van der Waals surface area contributed by atoms with Crippen molar-refractivity contribution in [2.45, 2.75) is 13.0 Å². The molecule has 2 rings (SSSR count). The van der Waals surface area contributed by atoms with Crippen molar-refractivity contribution in [1.29, 1.82) is 0 Å². The molecule has 27 heavy (non-hydrogen) atoms. The molecule has 2 N–H and O–H groups in total.